The van der Waals surface area contributed by atoms with Crippen molar-refractivity contribution in [3.63, 3.8) is 0 Å². The van der Waals surface area contributed by atoms with E-state index in [1.807, 2.05) is 30.3 Å². The van der Waals surface area contributed by atoms with Crippen LogP contribution in [0.5, 0.6) is 0 Å². The van der Waals surface area contributed by atoms with Crippen molar-refractivity contribution < 1.29 is 23.5 Å². The number of nitrogens with zero attached hydrogens (tertiary/aromatic N) is 2. The fraction of sp³-hybridized carbons (Fsp3) is 0.167. The van der Waals surface area contributed by atoms with E-state index in [9.17, 15) is 14.4 Å². The topological polar surface area (TPSA) is 101 Å². The summed E-state index contributed by atoms with van der Waals surface area (Å²) in [6, 6.07) is 17.5. The van der Waals surface area contributed by atoms with Crippen LogP contribution in [0.4, 0.5) is 0 Å². The van der Waals surface area contributed by atoms with Crippen molar-refractivity contribution in [1.29, 1.82) is 0 Å². The fourth-order valence-electron chi connectivity index (χ4n) is 3.29. The Balaban J connectivity index is 1.64. The number of aromatic nitrogens is 2. The second-order valence-electron chi connectivity index (χ2n) is 6.90. The van der Waals surface area contributed by atoms with Crippen LogP contribution in [0.15, 0.2) is 76.1 Å². The molecule has 0 unspecified atom stereocenters. The van der Waals surface area contributed by atoms with Gasteiger partial charge in [-0.15, -0.1) is 0 Å². The van der Waals surface area contributed by atoms with Crippen molar-refractivity contribution >= 4 is 22.7 Å². The predicted octanol–water partition coefficient (Wildman–Crippen LogP) is 3.57. The maximum atomic E-state index is 12.9. The van der Waals surface area contributed by atoms with Gasteiger partial charge in [-0.25, -0.2) is 14.3 Å². The summed E-state index contributed by atoms with van der Waals surface area (Å²) >= 11 is 0. The number of fused-ring (bicyclic) bond motifs is 1. The number of benzene rings is 2. The molecule has 0 amide bonds. The molecule has 0 spiro atoms. The van der Waals surface area contributed by atoms with E-state index in [0.717, 1.165) is 5.56 Å². The number of hydrogen-bond acceptors (Lipinski definition) is 7. The summed E-state index contributed by atoms with van der Waals surface area (Å²) in [6.07, 6.45) is 1.32. The first-order valence-electron chi connectivity index (χ1n) is 10.0. The molecule has 0 saturated heterocycles. The van der Waals surface area contributed by atoms with E-state index < -0.39 is 11.9 Å². The normalized spacial score (nSPS) is 10.8. The van der Waals surface area contributed by atoms with Crippen LogP contribution in [0.3, 0.4) is 0 Å². The molecular weight excluding hydrogens is 412 g/mol. The number of esters is 2. The Hall–Kier alpha value is -4.20. The van der Waals surface area contributed by atoms with E-state index in [0.29, 0.717) is 10.8 Å². The molecule has 0 bridgehead atoms. The molecule has 32 heavy (non-hydrogen) atoms. The van der Waals surface area contributed by atoms with Crippen LogP contribution in [0.1, 0.15) is 39.1 Å². The van der Waals surface area contributed by atoms with Gasteiger partial charge in [-0.2, -0.15) is 5.10 Å². The lowest BCUT2D eigenvalue weighted by Crippen LogP contribution is -2.27. The smallest absolute Gasteiger partial charge is 0.359 e. The molecule has 0 aliphatic heterocycles. The number of ether oxygens (including phenoxy) is 2. The standard InChI is InChI=1S/C24H20N2O6/c1-2-30-23(28)19-12-13-31-20(19)15-32-24(29)21-17-10-6-7-11-18(17)22(27)26(25-21)14-16-8-4-3-5-9-16/h3-13H,2,14-15H2,1H3. The molecule has 2 heterocycles. The molecule has 8 heteroatoms. The van der Waals surface area contributed by atoms with Gasteiger partial charge in [-0.05, 0) is 24.6 Å². The van der Waals surface area contributed by atoms with Gasteiger partial charge in [0.15, 0.2) is 18.1 Å². The number of rotatable bonds is 7. The van der Waals surface area contributed by atoms with Gasteiger partial charge in [0.1, 0.15) is 5.56 Å². The highest BCUT2D eigenvalue weighted by molar-refractivity contribution is 6.02. The Morgan fingerprint density at radius 3 is 2.41 bits per heavy atom. The molecule has 162 valence electrons. The summed E-state index contributed by atoms with van der Waals surface area (Å²) in [5.41, 5.74) is 0.745. The van der Waals surface area contributed by atoms with Crippen LogP contribution in [0, 0.1) is 0 Å². The largest absolute Gasteiger partial charge is 0.465 e. The van der Waals surface area contributed by atoms with Crippen LogP contribution in [-0.2, 0) is 22.6 Å². The van der Waals surface area contributed by atoms with Gasteiger partial charge in [0.05, 0.1) is 24.8 Å². The monoisotopic (exact) mass is 432 g/mol. The third-order valence-corrected chi connectivity index (χ3v) is 4.81. The molecule has 4 rings (SSSR count). The van der Waals surface area contributed by atoms with Crippen LogP contribution in [0.2, 0.25) is 0 Å². The zero-order valence-corrected chi connectivity index (χ0v) is 17.3. The maximum Gasteiger partial charge on any atom is 0.359 e. The number of hydrogen-bond donors (Lipinski definition) is 0. The molecule has 8 nitrogen and oxygen atoms in total. The zero-order chi connectivity index (χ0) is 22.5. The lowest BCUT2D eigenvalue weighted by Gasteiger charge is -2.11. The summed E-state index contributed by atoms with van der Waals surface area (Å²) in [4.78, 5) is 37.8. The molecule has 0 N–H and O–H groups in total. The molecule has 0 aliphatic rings. The molecule has 0 saturated carbocycles. The first kappa shape index (κ1) is 21.0. The molecular formula is C24H20N2O6. The molecule has 0 radical (unpaired) electrons. The summed E-state index contributed by atoms with van der Waals surface area (Å²) in [6.45, 7) is 1.82. The lowest BCUT2D eigenvalue weighted by atomic mass is 10.1. The minimum Gasteiger partial charge on any atom is -0.465 e. The predicted molar refractivity (Wildman–Crippen MR) is 115 cm³/mol. The van der Waals surface area contributed by atoms with Crippen molar-refractivity contribution in [1.82, 2.24) is 9.78 Å². The SMILES string of the molecule is CCOC(=O)c1ccoc1COC(=O)c1nn(Cc2ccccc2)c(=O)c2ccccc12. The second-order valence-corrected chi connectivity index (χ2v) is 6.90. The third kappa shape index (κ3) is 4.29. The highest BCUT2D eigenvalue weighted by Gasteiger charge is 2.21. The van der Waals surface area contributed by atoms with Gasteiger partial charge < -0.3 is 13.9 Å². The third-order valence-electron chi connectivity index (χ3n) is 4.81. The summed E-state index contributed by atoms with van der Waals surface area (Å²) in [7, 11) is 0. The van der Waals surface area contributed by atoms with E-state index >= 15 is 0 Å². The zero-order valence-electron chi connectivity index (χ0n) is 17.3. The van der Waals surface area contributed by atoms with Gasteiger partial charge in [0, 0.05) is 5.39 Å². The molecule has 2 aromatic carbocycles. The van der Waals surface area contributed by atoms with Gasteiger partial charge in [-0.1, -0.05) is 48.5 Å². The number of carbonyl (C=O) groups excluding carboxylic acids is 2. The van der Waals surface area contributed by atoms with Gasteiger partial charge >= 0.3 is 11.9 Å². The van der Waals surface area contributed by atoms with Crippen molar-refractivity contribution in [3.8, 4) is 0 Å². The quantitative estimate of drug-likeness (QED) is 0.412. The molecule has 0 fully saturated rings. The van der Waals surface area contributed by atoms with Crippen LogP contribution >= 0.6 is 0 Å². The summed E-state index contributed by atoms with van der Waals surface area (Å²) in [5.74, 6) is -1.14. The Bertz CT molecular complexity index is 1320. The van der Waals surface area contributed by atoms with E-state index in [1.54, 1.807) is 31.2 Å². The molecule has 2 aromatic heterocycles. The molecule has 4 aromatic rings. The Labute approximate surface area is 183 Å². The first-order chi connectivity index (χ1) is 15.6. The second kappa shape index (κ2) is 9.30. The van der Waals surface area contributed by atoms with Gasteiger partial charge in [-0.3, -0.25) is 4.79 Å². The summed E-state index contributed by atoms with van der Waals surface area (Å²) in [5, 5.41) is 5.03. The highest BCUT2D eigenvalue weighted by atomic mass is 16.5. The van der Waals surface area contributed by atoms with Crippen LogP contribution in [0.25, 0.3) is 10.8 Å². The average Bonchev–Trinajstić information content (AvgIpc) is 3.29. The summed E-state index contributed by atoms with van der Waals surface area (Å²) < 4.78 is 16.9. The van der Waals surface area contributed by atoms with Crippen molar-refractivity contribution in [2.45, 2.75) is 20.1 Å². The van der Waals surface area contributed by atoms with E-state index in [-0.39, 0.29) is 42.3 Å². The Kier molecular flexibility index (Phi) is 6.12. The van der Waals surface area contributed by atoms with Crippen molar-refractivity contribution in [2.75, 3.05) is 6.61 Å². The van der Waals surface area contributed by atoms with Gasteiger partial charge in [0.25, 0.3) is 5.56 Å². The van der Waals surface area contributed by atoms with E-state index in [4.69, 9.17) is 13.9 Å². The minimum atomic E-state index is -0.741. The van der Waals surface area contributed by atoms with E-state index in [1.165, 1.54) is 17.0 Å². The Morgan fingerprint density at radius 1 is 0.938 bits per heavy atom. The van der Waals surface area contributed by atoms with Crippen molar-refractivity contribution in [2.24, 2.45) is 0 Å². The molecule has 0 aliphatic carbocycles. The fourth-order valence-corrected chi connectivity index (χ4v) is 3.29. The van der Waals surface area contributed by atoms with E-state index in [2.05, 4.69) is 5.10 Å². The highest BCUT2D eigenvalue weighted by Crippen LogP contribution is 2.18. The first-order valence-corrected chi connectivity index (χ1v) is 10.0. The number of carbonyl (C=O) groups is 2. The van der Waals surface area contributed by atoms with Crippen LogP contribution < -0.4 is 5.56 Å². The average molecular weight is 432 g/mol. The molecule has 0 atom stereocenters. The van der Waals surface area contributed by atoms with Crippen LogP contribution in [-0.4, -0.2) is 28.3 Å². The minimum absolute atomic E-state index is 0.000344. The lowest BCUT2D eigenvalue weighted by molar-refractivity contribution is 0.0417. The van der Waals surface area contributed by atoms with Gasteiger partial charge in [0.2, 0.25) is 0 Å². The Morgan fingerprint density at radius 2 is 1.66 bits per heavy atom. The number of furan rings is 1. The van der Waals surface area contributed by atoms with Crippen molar-refractivity contribution in [3.05, 3.63) is 99.9 Å². The maximum absolute atomic E-state index is 12.9.